The number of aromatic nitrogens is 2. The maximum Gasteiger partial charge on any atom is 0.0638 e. The lowest BCUT2D eigenvalue weighted by Gasteiger charge is -2.31. The molecule has 0 radical (unpaired) electrons. The summed E-state index contributed by atoms with van der Waals surface area (Å²) in [5, 5.41) is 7.88. The lowest BCUT2D eigenvalue weighted by atomic mass is 9.96. The van der Waals surface area contributed by atoms with E-state index in [4.69, 9.17) is 0 Å². The van der Waals surface area contributed by atoms with Crippen molar-refractivity contribution in [2.75, 3.05) is 26.2 Å². The molecule has 1 fully saturated rings. The highest BCUT2D eigenvalue weighted by molar-refractivity contribution is 5.15. The van der Waals surface area contributed by atoms with Gasteiger partial charge in [0.25, 0.3) is 0 Å². The third kappa shape index (κ3) is 3.56. The maximum absolute atomic E-state index is 4.41. The molecule has 0 unspecified atom stereocenters. The summed E-state index contributed by atoms with van der Waals surface area (Å²) < 4.78 is 1.92. The predicted molar refractivity (Wildman–Crippen MR) is 74.5 cm³/mol. The first kappa shape index (κ1) is 13.6. The van der Waals surface area contributed by atoms with Gasteiger partial charge in [-0.1, -0.05) is 6.92 Å². The van der Waals surface area contributed by atoms with Crippen LogP contribution >= 0.6 is 0 Å². The number of aryl methyl sites for hydroxylation is 2. The van der Waals surface area contributed by atoms with Crippen LogP contribution in [-0.4, -0.2) is 40.9 Å². The minimum Gasteiger partial charge on any atom is -0.317 e. The van der Waals surface area contributed by atoms with Gasteiger partial charge in [0, 0.05) is 25.4 Å². The molecule has 0 bridgehead atoms. The first-order valence-corrected chi connectivity index (χ1v) is 7.11. The summed E-state index contributed by atoms with van der Waals surface area (Å²) >= 11 is 0. The zero-order valence-electron chi connectivity index (χ0n) is 11.9. The second kappa shape index (κ2) is 6.34. The average molecular weight is 250 g/mol. The largest absolute Gasteiger partial charge is 0.317 e. The van der Waals surface area contributed by atoms with E-state index in [-0.39, 0.29) is 0 Å². The Morgan fingerprint density at radius 3 is 2.67 bits per heavy atom. The molecule has 1 aromatic heterocycles. The number of nitrogens with one attached hydrogen (secondary N) is 1. The van der Waals surface area contributed by atoms with E-state index in [1.165, 1.54) is 43.7 Å². The van der Waals surface area contributed by atoms with Gasteiger partial charge in [0.05, 0.1) is 5.69 Å². The molecular formula is C14H26N4. The molecule has 4 heteroatoms. The van der Waals surface area contributed by atoms with E-state index >= 15 is 0 Å². The quantitative estimate of drug-likeness (QED) is 0.861. The van der Waals surface area contributed by atoms with Crippen molar-refractivity contribution in [2.45, 2.75) is 33.2 Å². The molecule has 102 valence electrons. The summed E-state index contributed by atoms with van der Waals surface area (Å²) in [5.74, 6) is 0.871. The van der Waals surface area contributed by atoms with Crippen LogP contribution in [0.25, 0.3) is 0 Å². The molecule has 0 spiro atoms. The van der Waals surface area contributed by atoms with Crippen LogP contribution < -0.4 is 5.32 Å². The summed E-state index contributed by atoms with van der Waals surface area (Å²) in [7, 11) is 2.00. The number of likely N-dealkylation sites (tertiary alicyclic amines) is 1. The van der Waals surface area contributed by atoms with Crippen LogP contribution in [0, 0.1) is 12.8 Å². The van der Waals surface area contributed by atoms with Crippen LogP contribution in [0.3, 0.4) is 0 Å². The topological polar surface area (TPSA) is 33.1 Å². The Morgan fingerprint density at radius 2 is 2.11 bits per heavy atom. The van der Waals surface area contributed by atoms with Crippen molar-refractivity contribution in [3.63, 3.8) is 0 Å². The molecule has 0 atom stereocenters. The Balaban J connectivity index is 1.78. The van der Waals surface area contributed by atoms with Gasteiger partial charge in [-0.15, -0.1) is 0 Å². The van der Waals surface area contributed by atoms with Crippen LogP contribution in [0.2, 0.25) is 0 Å². The molecule has 2 heterocycles. The third-order valence-corrected chi connectivity index (χ3v) is 3.90. The summed E-state index contributed by atoms with van der Waals surface area (Å²) in [6, 6.07) is 0. The SMILES string of the molecule is CCNCC1CCN(Cc2cn(C)nc2C)CC1. The molecule has 1 aromatic rings. The number of hydrogen-bond acceptors (Lipinski definition) is 3. The normalized spacial score (nSPS) is 18.4. The zero-order chi connectivity index (χ0) is 13.0. The van der Waals surface area contributed by atoms with Gasteiger partial charge in [0.1, 0.15) is 0 Å². The van der Waals surface area contributed by atoms with E-state index in [9.17, 15) is 0 Å². The van der Waals surface area contributed by atoms with Crippen LogP contribution in [-0.2, 0) is 13.6 Å². The van der Waals surface area contributed by atoms with Crippen molar-refractivity contribution in [2.24, 2.45) is 13.0 Å². The van der Waals surface area contributed by atoms with E-state index in [1.54, 1.807) is 0 Å². The third-order valence-electron chi connectivity index (χ3n) is 3.90. The van der Waals surface area contributed by atoms with Gasteiger partial charge in [0.15, 0.2) is 0 Å². The van der Waals surface area contributed by atoms with Gasteiger partial charge in [-0.2, -0.15) is 5.10 Å². The Morgan fingerprint density at radius 1 is 1.39 bits per heavy atom. The molecule has 1 N–H and O–H groups in total. The summed E-state index contributed by atoms with van der Waals surface area (Å²) in [6.45, 7) is 10.1. The minimum absolute atomic E-state index is 0.871. The number of piperidine rings is 1. The Bertz CT molecular complexity index is 364. The molecule has 1 saturated heterocycles. The number of nitrogens with zero attached hydrogens (tertiary/aromatic N) is 3. The van der Waals surface area contributed by atoms with Gasteiger partial charge in [-0.25, -0.2) is 0 Å². The lowest BCUT2D eigenvalue weighted by Crippen LogP contribution is -2.36. The van der Waals surface area contributed by atoms with E-state index in [1.807, 2.05) is 11.7 Å². The van der Waals surface area contributed by atoms with Crippen molar-refractivity contribution in [1.29, 1.82) is 0 Å². The van der Waals surface area contributed by atoms with Gasteiger partial charge >= 0.3 is 0 Å². The lowest BCUT2D eigenvalue weighted by molar-refractivity contribution is 0.175. The first-order valence-electron chi connectivity index (χ1n) is 7.11. The van der Waals surface area contributed by atoms with Crippen molar-refractivity contribution in [1.82, 2.24) is 20.0 Å². The van der Waals surface area contributed by atoms with Gasteiger partial charge < -0.3 is 5.32 Å². The van der Waals surface area contributed by atoms with E-state index in [0.717, 1.165) is 19.0 Å². The van der Waals surface area contributed by atoms with Crippen molar-refractivity contribution < 1.29 is 0 Å². The van der Waals surface area contributed by atoms with Crippen molar-refractivity contribution in [3.8, 4) is 0 Å². The van der Waals surface area contributed by atoms with Crippen molar-refractivity contribution in [3.05, 3.63) is 17.5 Å². The molecule has 4 nitrogen and oxygen atoms in total. The second-order valence-corrected chi connectivity index (χ2v) is 5.44. The fourth-order valence-electron chi connectivity index (χ4n) is 2.74. The Labute approximate surface area is 110 Å². The maximum atomic E-state index is 4.41. The molecule has 0 aliphatic carbocycles. The molecule has 1 aliphatic heterocycles. The molecule has 1 aliphatic rings. The van der Waals surface area contributed by atoms with Crippen LogP contribution in [0.4, 0.5) is 0 Å². The molecule has 0 saturated carbocycles. The smallest absolute Gasteiger partial charge is 0.0638 e. The monoisotopic (exact) mass is 250 g/mol. The molecule has 2 rings (SSSR count). The minimum atomic E-state index is 0.871. The second-order valence-electron chi connectivity index (χ2n) is 5.44. The highest BCUT2D eigenvalue weighted by Gasteiger charge is 2.19. The van der Waals surface area contributed by atoms with Crippen LogP contribution in [0.1, 0.15) is 31.0 Å². The van der Waals surface area contributed by atoms with Gasteiger partial charge in [0.2, 0.25) is 0 Å². The standard InChI is InChI=1S/C14H26N4/c1-4-15-9-13-5-7-18(8-6-13)11-14-10-17(3)16-12(14)2/h10,13,15H,4-9,11H2,1-3H3. The Hall–Kier alpha value is -0.870. The van der Waals surface area contributed by atoms with Crippen molar-refractivity contribution >= 4 is 0 Å². The molecular weight excluding hydrogens is 224 g/mol. The summed E-state index contributed by atoms with van der Waals surface area (Å²) in [4.78, 5) is 2.56. The Kier molecular flexibility index (Phi) is 4.78. The zero-order valence-corrected chi connectivity index (χ0v) is 11.9. The average Bonchev–Trinajstić information content (AvgIpc) is 2.67. The van der Waals surface area contributed by atoms with Gasteiger partial charge in [-0.05, 0) is 51.9 Å². The van der Waals surface area contributed by atoms with Crippen LogP contribution in [0.5, 0.6) is 0 Å². The summed E-state index contributed by atoms with van der Waals surface area (Å²) in [5.41, 5.74) is 2.55. The fourth-order valence-corrected chi connectivity index (χ4v) is 2.74. The summed E-state index contributed by atoms with van der Waals surface area (Å²) in [6.07, 6.45) is 4.80. The van der Waals surface area contributed by atoms with Crippen LogP contribution in [0.15, 0.2) is 6.20 Å². The first-order chi connectivity index (χ1) is 8.69. The highest BCUT2D eigenvalue weighted by Crippen LogP contribution is 2.19. The highest BCUT2D eigenvalue weighted by atomic mass is 15.3. The van der Waals surface area contributed by atoms with Gasteiger partial charge in [-0.3, -0.25) is 9.58 Å². The van der Waals surface area contributed by atoms with E-state index in [0.29, 0.717) is 0 Å². The number of hydrogen-bond donors (Lipinski definition) is 1. The molecule has 0 aromatic carbocycles. The predicted octanol–water partition coefficient (Wildman–Crippen LogP) is 1.55. The van der Waals surface area contributed by atoms with E-state index < -0.39 is 0 Å². The fraction of sp³-hybridized carbons (Fsp3) is 0.786. The number of rotatable bonds is 5. The molecule has 0 amide bonds. The van der Waals surface area contributed by atoms with E-state index in [2.05, 4.69) is 35.4 Å². The molecule has 18 heavy (non-hydrogen) atoms.